The van der Waals surface area contributed by atoms with E-state index in [4.69, 9.17) is 19.0 Å². The number of hydrogen-bond acceptors (Lipinski definition) is 4. The average molecular weight is 246 g/mol. The first-order valence-corrected chi connectivity index (χ1v) is 7.29. The molecule has 0 saturated heterocycles. The van der Waals surface area contributed by atoms with Gasteiger partial charge in [-0.15, -0.1) is 0 Å². The van der Waals surface area contributed by atoms with E-state index in [0.29, 0.717) is 26.4 Å². The standard InChI is InChI=1S/C9H23NO3Si.Mg/c1-4-11-14(12-5-2,13-6-3)9-7-8-10;/h4-10H2,1-3H3;/q;+2. The first-order chi connectivity index (χ1) is 6.74. The third-order valence-corrected chi connectivity index (χ3v) is 4.93. The Balaban J connectivity index is 0. The third-order valence-electron chi connectivity index (χ3n) is 1.78. The molecule has 2 N–H and O–H groups in total. The molecule has 0 bridgehead atoms. The zero-order valence-corrected chi connectivity index (χ0v) is 12.7. The van der Waals surface area contributed by atoms with Gasteiger partial charge in [0.25, 0.3) is 0 Å². The zero-order chi connectivity index (χ0) is 10.9. The molecule has 0 radical (unpaired) electrons. The summed E-state index contributed by atoms with van der Waals surface area (Å²) in [7, 11) is -2.40. The Morgan fingerprint density at radius 2 is 1.33 bits per heavy atom. The summed E-state index contributed by atoms with van der Waals surface area (Å²) >= 11 is 0. The topological polar surface area (TPSA) is 53.7 Å². The second-order valence-corrected chi connectivity index (χ2v) is 5.61. The van der Waals surface area contributed by atoms with Crippen molar-refractivity contribution in [2.24, 2.45) is 5.73 Å². The first-order valence-electron chi connectivity index (χ1n) is 5.36. The monoisotopic (exact) mass is 245 g/mol. The minimum Gasteiger partial charge on any atom is -0.374 e. The molecule has 0 aromatic rings. The molecule has 0 aromatic heterocycles. The normalized spacial score (nSPS) is 11.2. The van der Waals surface area contributed by atoms with Crippen molar-refractivity contribution in [1.82, 2.24) is 0 Å². The van der Waals surface area contributed by atoms with Gasteiger partial charge in [0.05, 0.1) is 0 Å². The molecule has 15 heavy (non-hydrogen) atoms. The van der Waals surface area contributed by atoms with Gasteiger partial charge >= 0.3 is 31.9 Å². The van der Waals surface area contributed by atoms with Crippen LogP contribution in [0.25, 0.3) is 0 Å². The van der Waals surface area contributed by atoms with Crippen molar-refractivity contribution in [2.75, 3.05) is 26.4 Å². The Morgan fingerprint density at radius 1 is 0.933 bits per heavy atom. The van der Waals surface area contributed by atoms with Crippen LogP contribution in [0.1, 0.15) is 27.2 Å². The van der Waals surface area contributed by atoms with E-state index in [2.05, 4.69) is 0 Å². The molecule has 0 fully saturated rings. The van der Waals surface area contributed by atoms with Crippen LogP contribution in [0.4, 0.5) is 0 Å². The molecule has 0 heterocycles. The summed E-state index contributed by atoms with van der Waals surface area (Å²) in [5.74, 6) is 0. The van der Waals surface area contributed by atoms with Gasteiger partial charge in [0.1, 0.15) is 0 Å². The van der Waals surface area contributed by atoms with E-state index in [-0.39, 0.29) is 23.1 Å². The summed E-state index contributed by atoms with van der Waals surface area (Å²) in [6, 6.07) is 0.818. The van der Waals surface area contributed by atoms with Crippen molar-refractivity contribution < 1.29 is 13.3 Å². The first kappa shape index (κ1) is 18.2. The molecular weight excluding hydrogens is 222 g/mol. The second kappa shape index (κ2) is 11.3. The summed E-state index contributed by atoms with van der Waals surface area (Å²) in [6.07, 6.45) is 0.895. The van der Waals surface area contributed by atoms with Gasteiger partial charge in [-0.2, -0.15) is 0 Å². The molecule has 0 spiro atoms. The van der Waals surface area contributed by atoms with Crippen LogP contribution in [0, 0.1) is 0 Å². The van der Waals surface area contributed by atoms with Crippen LogP contribution in [0.2, 0.25) is 6.04 Å². The van der Waals surface area contributed by atoms with E-state index in [1.54, 1.807) is 0 Å². The molecule has 0 aliphatic heterocycles. The fraction of sp³-hybridized carbons (Fsp3) is 1.00. The molecule has 86 valence electrons. The van der Waals surface area contributed by atoms with Gasteiger partial charge in [-0.3, -0.25) is 0 Å². The smallest absolute Gasteiger partial charge is 0.374 e. The number of hydrogen-bond donors (Lipinski definition) is 1. The van der Waals surface area contributed by atoms with Crippen molar-refractivity contribution in [1.29, 1.82) is 0 Å². The average Bonchev–Trinajstić information content (AvgIpc) is 2.16. The van der Waals surface area contributed by atoms with Gasteiger partial charge < -0.3 is 19.0 Å². The molecular formula is C9H23MgNO3Si+2. The van der Waals surface area contributed by atoms with Crippen LogP contribution in [0.5, 0.6) is 0 Å². The molecule has 6 heteroatoms. The van der Waals surface area contributed by atoms with Crippen molar-refractivity contribution in [3.8, 4) is 0 Å². The Hall–Kier alpha value is 0.823. The summed E-state index contributed by atoms with van der Waals surface area (Å²) in [5.41, 5.74) is 5.48. The molecule has 0 amide bonds. The van der Waals surface area contributed by atoms with E-state index in [1.165, 1.54) is 0 Å². The SMILES string of the molecule is CCO[Si](CCCN)(OCC)OCC.[Mg+2]. The van der Waals surface area contributed by atoms with Crippen molar-refractivity contribution in [2.45, 2.75) is 33.2 Å². The van der Waals surface area contributed by atoms with Crippen LogP contribution in [-0.2, 0) is 13.3 Å². The van der Waals surface area contributed by atoms with E-state index >= 15 is 0 Å². The van der Waals surface area contributed by atoms with Crippen molar-refractivity contribution >= 4 is 31.9 Å². The molecule has 4 nitrogen and oxygen atoms in total. The molecule has 0 aliphatic carbocycles. The van der Waals surface area contributed by atoms with Gasteiger partial charge in [0.2, 0.25) is 0 Å². The fourth-order valence-corrected chi connectivity index (χ4v) is 3.96. The van der Waals surface area contributed by atoms with E-state index in [1.807, 2.05) is 20.8 Å². The summed E-state index contributed by atoms with van der Waals surface area (Å²) in [5, 5.41) is 0. The molecule has 0 unspecified atom stereocenters. The molecule has 0 saturated carbocycles. The van der Waals surface area contributed by atoms with Crippen LogP contribution in [-0.4, -0.2) is 58.2 Å². The predicted octanol–water partition coefficient (Wildman–Crippen LogP) is 1.00. The van der Waals surface area contributed by atoms with Crippen molar-refractivity contribution in [3.05, 3.63) is 0 Å². The predicted molar refractivity (Wildman–Crippen MR) is 64.9 cm³/mol. The van der Waals surface area contributed by atoms with Crippen LogP contribution in [0.3, 0.4) is 0 Å². The molecule has 0 atom stereocenters. The summed E-state index contributed by atoms with van der Waals surface area (Å²) in [4.78, 5) is 0. The molecule has 0 aliphatic rings. The minimum atomic E-state index is -2.40. The Labute approximate surface area is 110 Å². The maximum absolute atomic E-state index is 5.65. The van der Waals surface area contributed by atoms with Crippen LogP contribution in [0.15, 0.2) is 0 Å². The minimum absolute atomic E-state index is 0. The largest absolute Gasteiger partial charge is 2.00 e. The van der Waals surface area contributed by atoms with Crippen molar-refractivity contribution in [3.63, 3.8) is 0 Å². The van der Waals surface area contributed by atoms with Gasteiger partial charge in [-0.25, -0.2) is 0 Å². The summed E-state index contributed by atoms with van der Waals surface area (Å²) in [6.45, 7) is 8.44. The molecule has 0 rings (SSSR count). The zero-order valence-electron chi connectivity index (χ0n) is 10.3. The summed E-state index contributed by atoms with van der Waals surface area (Å²) < 4.78 is 17.0. The van der Waals surface area contributed by atoms with E-state index in [0.717, 1.165) is 12.5 Å². The molecule has 0 aromatic carbocycles. The van der Waals surface area contributed by atoms with Gasteiger partial charge in [-0.1, -0.05) is 0 Å². The van der Waals surface area contributed by atoms with Crippen LogP contribution >= 0.6 is 0 Å². The Bertz CT molecular complexity index is 124. The number of rotatable bonds is 9. The van der Waals surface area contributed by atoms with Crippen LogP contribution < -0.4 is 5.73 Å². The quantitative estimate of drug-likeness (QED) is 0.616. The third kappa shape index (κ3) is 7.67. The van der Waals surface area contributed by atoms with E-state index < -0.39 is 8.80 Å². The van der Waals surface area contributed by atoms with Gasteiger partial charge in [0.15, 0.2) is 0 Å². The van der Waals surface area contributed by atoms with Gasteiger partial charge in [0, 0.05) is 25.9 Å². The second-order valence-electron chi connectivity index (χ2n) is 2.87. The number of nitrogens with two attached hydrogens (primary N) is 1. The Morgan fingerprint density at radius 3 is 1.60 bits per heavy atom. The maximum Gasteiger partial charge on any atom is 2.00 e. The maximum atomic E-state index is 5.65. The Kier molecular flexibility index (Phi) is 13.7. The van der Waals surface area contributed by atoms with E-state index in [9.17, 15) is 0 Å². The van der Waals surface area contributed by atoms with Gasteiger partial charge in [-0.05, 0) is 33.7 Å². The fourth-order valence-electron chi connectivity index (χ4n) is 1.32.